The zero-order chi connectivity index (χ0) is 17.7. The Morgan fingerprint density at radius 2 is 2.00 bits per heavy atom. The quantitative estimate of drug-likeness (QED) is 0.779. The maximum Gasteiger partial charge on any atom is 0.316 e. The number of rotatable bonds is 4. The predicted molar refractivity (Wildman–Crippen MR) is 86.4 cm³/mol. The fraction of sp³-hybridized carbons (Fsp3) is 0.688. The van der Waals surface area contributed by atoms with Crippen LogP contribution in [0.25, 0.3) is 0 Å². The molecule has 25 heavy (non-hydrogen) atoms. The molecule has 7 nitrogen and oxygen atoms in total. The van der Waals surface area contributed by atoms with E-state index in [1.165, 1.54) is 4.90 Å². The van der Waals surface area contributed by atoms with Gasteiger partial charge in [0.2, 0.25) is 0 Å². The van der Waals surface area contributed by atoms with E-state index in [4.69, 9.17) is 4.74 Å². The first-order valence-corrected chi connectivity index (χ1v) is 10.1. The van der Waals surface area contributed by atoms with Gasteiger partial charge >= 0.3 is 6.01 Å². The first-order chi connectivity index (χ1) is 11.9. The van der Waals surface area contributed by atoms with Gasteiger partial charge in [0.15, 0.2) is 15.5 Å². The predicted octanol–water partition coefficient (Wildman–Crippen LogP) is 0.763. The molecule has 0 radical (unpaired) electrons. The number of likely N-dealkylation sites (tertiary alicyclic amines) is 1. The van der Waals surface area contributed by atoms with Crippen LogP contribution in [-0.2, 0) is 14.6 Å². The second kappa shape index (κ2) is 5.62. The minimum Gasteiger partial charge on any atom is -0.463 e. The topological polar surface area (TPSA) is 89.5 Å². The molecule has 0 bridgehead atoms. The summed E-state index contributed by atoms with van der Waals surface area (Å²) in [5.41, 5.74) is -1.78. The third-order valence-corrected chi connectivity index (χ3v) is 8.39. The zero-order valence-corrected chi connectivity index (χ0v) is 14.5. The highest BCUT2D eigenvalue weighted by Gasteiger charge is 2.64. The van der Waals surface area contributed by atoms with Gasteiger partial charge in [0.25, 0.3) is 5.91 Å². The minimum absolute atomic E-state index is 0.0590. The van der Waals surface area contributed by atoms with E-state index in [0.29, 0.717) is 12.8 Å². The lowest BCUT2D eigenvalue weighted by Gasteiger charge is -2.52. The Morgan fingerprint density at radius 1 is 1.32 bits per heavy atom. The number of hydrogen-bond acceptors (Lipinski definition) is 6. The average molecular weight is 369 g/mol. The summed E-state index contributed by atoms with van der Waals surface area (Å²) in [6.07, 6.45) is 4.74. The van der Waals surface area contributed by atoms with Gasteiger partial charge in [0.1, 0.15) is 4.75 Å². The summed E-state index contributed by atoms with van der Waals surface area (Å²) < 4.78 is 44.0. The summed E-state index contributed by atoms with van der Waals surface area (Å²) in [4.78, 5) is 21.6. The number of hydrogen-bond donors (Lipinski definition) is 0. The van der Waals surface area contributed by atoms with E-state index in [1.807, 2.05) is 0 Å². The standard InChI is InChI=1S/C16H20FN3O4S/c17-15(4-1-5-15)13(21)20-10-16(11-20)12(3-8-25(16,22)23)9-24-14-18-6-2-7-19-14/h2,6-7,12H,1,3-5,8-11H2. The Balaban J connectivity index is 1.46. The van der Waals surface area contributed by atoms with Crippen LogP contribution in [0.2, 0.25) is 0 Å². The lowest BCUT2D eigenvalue weighted by Crippen LogP contribution is -2.71. The molecule has 136 valence electrons. The van der Waals surface area contributed by atoms with Gasteiger partial charge in [-0.1, -0.05) is 0 Å². The van der Waals surface area contributed by atoms with Gasteiger partial charge in [-0.2, -0.15) is 0 Å². The molecule has 1 spiro atoms. The van der Waals surface area contributed by atoms with Crippen molar-refractivity contribution in [2.75, 3.05) is 25.4 Å². The second-order valence-electron chi connectivity index (χ2n) is 7.19. The molecule has 3 aliphatic rings. The van der Waals surface area contributed by atoms with Crippen LogP contribution in [-0.4, -0.2) is 65.1 Å². The van der Waals surface area contributed by atoms with E-state index in [2.05, 4.69) is 9.97 Å². The van der Waals surface area contributed by atoms with Crippen LogP contribution in [0.4, 0.5) is 4.39 Å². The second-order valence-corrected chi connectivity index (χ2v) is 9.64. The average Bonchev–Trinajstić information content (AvgIpc) is 2.80. The Kier molecular flexibility index (Phi) is 3.75. The normalized spacial score (nSPS) is 28.2. The number of aromatic nitrogens is 2. The summed E-state index contributed by atoms with van der Waals surface area (Å²) in [6.45, 7) is 0.291. The van der Waals surface area contributed by atoms with Crippen molar-refractivity contribution >= 4 is 15.7 Å². The van der Waals surface area contributed by atoms with Crippen molar-refractivity contribution in [3.63, 3.8) is 0 Å². The SMILES string of the molecule is O=C(N1CC2(C1)C(COc1ncccn1)CCS2(=O)=O)C1(F)CCC1. The van der Waals surface area contributed by atoms with E-state index < -0.39 is 26.2 Å². The molecule has 0 aromatic carbocycles. The molecule has 4 rings (SSSR count). The largest absolute Gasteiger partial charge is 0.463 e. The van der Waals surface area contributed by atoms with E-state index in [-0.39, 0.29) is 50.2 Å². The zero-order valence-electron chi connectivity index (χ0n) is 13.7. The summed E-state index contributed by atoms with van der Waals surface area (Å²) >= 11 is 0. The molecule has 2 saturated heterocycles. The van der Waals surface area contributed by atoms with Gasteiger partial charge in [0, 0.05) is 31.4 Å². The summed E-state index contributed by atoms with van der Waals surface area (Å²) in [7, 11) is -3.34. The molecule has 3 fully saturated rings. The van der Waals surface area contributed by atoms with Crippen molar-refractivity contribution in [2.45, 2.75) is 36.1 Å². The molecular weight excluding hydrogens is 349 g/mol. The van der Waals surface area contributed by atoms with Gasteiger partial charge in [-0.3, -0.25) is 4.79 Å². The fourth-order valence-electron chi connectivity index (χ4n) is 3.97. The molecular formula is C16H20FN3O4S. The van der Waals surface area contributed by atoms with Gasteiger partial charge < -0.3 is 9.64 Å². The number of nitrogens with zero attached hydrogens (tertiary/aromatic N) is 3. The number of amides is 1. The number of carbonyl (C=O) groups is 1. The Bertz CT molecular complexity index is 776. The van der Waals surface area contributed by atoms with Crippen LogP contribution < -0.4 is 4.74 Å². The third kappa shape index (κ3) is 2.51. The number of carbonyl (C=O) groups excluding carboxylic acids is 1. The highest BCUT2D eigenvalue weighted by atomic mass is 32.2. The van der Waals surface area contributed by atoms with Crippen LogP contribution in [0.5, 0.6) is 6.01 Å². The lowest BCUT2D eigenvalue weighted by atomic mass is 9.77. The van der Waals surface area contributed by atoms with E-state index in [0.717, 1.165) is 0 Å². The molecule has 1 unspecified atom stereocenters. The van der Waals surface area contributed by atoms with Crippen LogP contribution in [0, 0.1) is 5.92 Å². The van der Waals surface area contributed by atoms with Crippen LogP contribution in [0.15, 0.2) is 18.5 Å². The van der Waals surface area contributed by atoms with Crippen LogP contribution in [0.1, 0.15) is 25.7 Å². The molecule has 1 aromatic rings. The number of halogens is 1. The first kappa shape index (κ1) is 16.7. The molecule has 1 aliphatic carbocycles. The third-order valence-electron chi connectivity index (χ3n) is 5.79. The number of alkyl halides is 1. The van der Waals surface area contributed by atoms with E-state index >= 15 is 0 Å². The number of ether oxygens (including phenoxy) is 1. The molecule has 9 heteroatoms. The smallest absolute Gasteiger partial charge is 0.316 e. The molecule has 1 amide bonds. The Hall–Kier alpha value is -1.77. The highest BCUT2D eigenvalue weighted by molar-refractivity contribution is 7.93. The summed E-state index contributed by atoms with van der Waals surface area (Å²) in [5.74, 6) is -0.737. The first-order valence-electron chi connectivity index (χ1n) is 8.47. The van der Waals surface area contributed by atoms with Gasteiger partial charge in [-0.25, -0.2) is 22.8 Å². The summed E-state index contributed by atoms with van der Waals surface area (Å²) in [5, 5.41) is 0. The van der Waals surface area contributed by atoms with Crippen molar-refractivity contribution < 1.29 is 22.3 Å². The molecule has 1 atom stereocenters. The van der Waals surface area contributed by atoms with Crippen LogP contribution in [0.3, 0.4) is 0 Å². The van der Waals surface area contributed by atoms with Crippen molar-refractivity contribution in [3.05, 3.63) is 18.5 Å². The van der Waals surface area contributed by atoms with E-state index in [9.17, 15) is 17.6 Å². The molecule has 1 aromatic heterocycles. The lowest BCUT2D eigenvalue weighted by molar-refractivity contribution is -0.156. The highest BCUT2D eigenvalue weighted by Crippen LogP contribution is 2.47. The minimum atomic E-state index is -3.34. The monoisotopic (exact) mass is 369 g/mol. The molecule has 1 saturated carbocycles. The Morgan fingerprint density at radius 3 is 2.60 bits per heavy atom. The van der Waals surface area contributed by atoms with Crippen molar-refractivity contribution in [1.82, 2.24) is 14.9 Å². The maximum absolute atomic E-state index is 14.3. The van der Waals surface area contributed by atoms with Gasteiger partial charge in [-0.15, -0.1) is 0 Å². The Labute approximate surface area is 145 Å². The molecule has 2 aliphatic heterocycles. The van der Waals surface area contributed by atoms with E-state index in [1.54, 1.807) is 18.5 Å². The van der Waals surface area contributed by atoms with Crippen molar-refractivity contribution in [3.8, 4) is 6.01 Å². The number of sulfone groups is 1. The maximum atomic E-state index is 14.3. The summed E-state index contributed by atoms with van der Waals surface area (Å²) in [6, 6.07) is 1.86. The molecule has 0 N–H and O–H groups in total. The van der Waals surface area contributed by atoms with Gasteiger partial charge in [0.05, 0.1) is 12.4 Å². The van der Waals surface area contributed by atoms with Crippen LogP contribution >= 0.6 is 0 Å². The van der Waals surface area contributed by atoms with Gasteiger partial charge in [-0.05, 0) is 31.7 Å². The van der Waals surface area contributed by atoms with Crippen molar-refractivity contribution in [1.29, 1.82) is 0 Å². The fourth-order valence-corrected chi connectivity index (χ4v) is 6.37. The molecule has 3 heterocycles. The van der Waals surface area contributed by atoms with Crippen molar-refractivity contribution in [2.24, 2.45) is 5.92 Å².